The zero-order valence-corrected chi connectivity index (χ0v) is 11.8. The van der Waals surface area contributed by atoms with Gasteiger partial charge in [0, 0.05) is 16.8 Å². The van der Waals surface area contributed by atoms with Crippen molar-refractivity contribution in [3.8, 4) is 6.07 Å². The summed E-state index contributed by atoms with van der Waals surface area (Å²) >= 11 is 13.4. The van der Waals surface area contributed by atoms with E-state index in [4.69, 9.17) is 28.5 Å². The smallest absolute Gasteiger partial charge is 0.154 e. The number of thiophene rings is 1. The van der Waals surface area contributed by atoms with E-state index >= 15 is 0 Å². The summed E-state index contributed by atoms with van der Waals surface area (Å²) in [5.41, 5.74) is 2.39. The number of rotatable bonds is 3. The summed E-state index contributed by atoms with van der Waals surface area (Å²) in [4.78, 5) is 5.05. The second kappa shape index (κ2) is 5.57. The molecule has 0 aromatic carbocycles. The van der Waals surface area contributed by atoms with Crippen LogP contribution < -0.4 is 5.32 Å². The van der Waals surface area contributed by atoms with Crippen molar-refractivity contribution in [3.05, 3.63) is 43.8 Å². The Kier molecular flexibility index (Phi) is 4.07. The van der Waals surface area contributed by atoms with Crippen LogP contribution in [0.3, 0.4) is 0 Å². The lowest BCUT2D eigenvalue weighted by Gasteiger charge is -2.10. The monoisotopic (exact) mass is 297 g/mol. The molecule has 0 aliphatic rings. The minimum Gasteiger partial charge on any atom is -0.377 e. The van der Waals surface area contributed by atoms with Gasteiger partial charge < -0.3 is 5.32 Å². The number of nitrogens with zero attached hydrogens (tertiary/aromatic N) is 2. The Hall–Kier alpha value is -1.28. The predicted molar refractivity (Wildman–Crippen MR) is 75.4 cm³/mol. The summed E-state index contributed by atoms with van der Waals surface area (Å²) in [5.74, 6) is 0. The summed E-state index contributed by atoms with van der Waals surface area (Å²) < 4.78 is 0. The lowest BCUT2D eigenvalue weighted by Crippen LogP contribution is -2.01. The molecule has 0 saturated heterocycles. The first-order valence-electron chi connectivity index (χ1n) is 5.14. The highest BCUT2D eigenvalue weighted by Gasteiger charge is 2.08. The van der Waals surface area contributed by atoms with Crippen LogP contribution in [0, 0.1) is 18.3 Å². The third-order valence-corrected chi connectivity index (χ3v) is 3.77. The number of anilines is 1. The van der Waals surface area contributed by atoms with Crippen LogP contribution in [0.5, 0.6) is 0 Å². The van der Waals surface area contributed by atoms with Crippen molar-refractivity contribution in [3.63, 3.8) is 0 Å². The highest BCUT2D eigenvalue weighted by molar-refractivity contribution is 7.10. The standard InChI is InChI=1S/C12H9Cl2N3S/c1-7-2-10(13)17-12(14)11(7)16-5-9-3-8(4-15)6-18-9/h2-3,6,16H,5H2,1H3. The Labute approximate surface area is 119 Å². The number of nitriles is 1. The molecule has 0 amide bonds. The second-order valence-electron chi connectivity index (χ2n) is 3.69. The van der Waals surface area contributed by atoms with Gasteiger partial charge in [-0.15, -0.1) is 11.3 Å². The molecular formula is C12H9Cl2N3S. The highest BCUT2D eigenvalue weighted by Crippen LogP contribution is 2.27. The third-order valence-electron chi connectivity index (χ3n) is 2.36. The van der Waals surface area contributed by atoms with E-state index in [-0.39, 0.29) is 0 Å². The fourth-order valence-electron chi connectivity index (χ4n) is 1.52. The summed E-state index contributed by atoms with van der Waals surface area (Å²) in [6, 6.07) is 5.71. The van der Waals surface area contributed by atoms with E-state index in [1.807, 2.05) is 18.4 Å². The lowest BCUT2D eigenvalue weighted by atomic mass is 10.2. The van der Waals surface area contributed by atoms with Gasteiger partial charge in [0.15, 0.2) is 5.15 Å². The van der Waals surface area contributed by atoms with E-state index in [0.29, 0.717) is 22.4 Å². The molecule has 0 bridgehead atoms. The SMILES string of the molecule is Cc1cc(Cl)nc(Cl)c1NCc1cc(C#N)cs1. The molecule has 3 nitrogen and oxygen atoms in total. The number of aromatic nitrogens is 1. The molecule has 0 spiro atoms. The summed E-state index contributed by atoms with van der Waals surface area (Å²) in [6.45, 7) is 2.52. The topological polar surface area (TPSA) is 48.7 Å². The second-order valence-corrected chi connectivity index (χ2v) is 5.44. The molecule has 0 fully saturated rings. The molecule has 92 valence electrons. The maximum absolute atomic E-state index is 8.75. The molecule has 0 aliphatic heterocycles. The minimum atomic E-state index is 0.358. The quantitative estimate of drug-likeness (QED) is 0.862. The maximum Gasteiger partial charge on any atom is 0.154 e. The van der Waals surface area contributed by atoms with Crippen molar-refractivity contribution in [2.24, 2.45) is 0 Å². The van der Waals surface area contributed by atoms with E-state index in [0.717, 1.165) is 16.1 Å². The fraction of sp³-hybridized carbons (Fsp3) is 0.167. The van der Waals surface area contributed by atoms with E-state index < -0.39 is 0 Å². The van der Waals surface area contributed by atoms with E-state index in [1.54, 1.807) is 6.07 Å². The average molecular weight is 298 g/mol. The number of aryl methyl sites for hydroxylation is 1. The van der Waals surface area contributed by atoms with Crippen LogP contribution in [0.15, 0.2) is 17.5 Å². The molecule has 0 unspecified atom stereocenters. The molecule has 18 heavy (non-hydrogen) atoms. The minimum absolute atomic E-state index is 0.358. The first-order chi connectivity index (χ1) is 8.60. The van der Waals surface area contributed by atoms with E-state index in [1.165, 1.54) is 11.3 Å². The summed E-state index contributed by atoms with van der Waals surface area (Å²) in [5, 5.41) is 14.5. The molecule has 2 heterocycles. The van der Waals surface area contributed by atoms with Crippen molar-refractivity contribution in [2.45, 2.75) is 13.5 Å². The molecule has 0 radical (unpaired) electrons. The van der Waals surface area contributed by atoms with Gasteiger partial charge >= 0.3 is 0 Å². The molecule has 0 saturated carbocycles. The van der Waals surface area contributed by atoms with E-state index in [2.05, 4.69) is 16.4 Å². The van der Waals surface area contributed by atoms with Crippen LogP contribution in [-0.4, -0.2) is 4.98 Å². The Morgan fingerprint density at radius 3 is 2.83 bits per heavy atom. The lowest BCUT2D eigenvalue weighted by molar-refractivity contribution is 1.15. The number of hydrogen-bond donors (Lipinski definition) is 1. The Morgan fingerprint density at radius 2 is 2.22 bits per heavy atom. The molecule has 0 atom stereocenters. The van der Waals surface area contributed by atoms with E-state index in [9.17, 15) is 0 Å². The number of nitrogens with one attached hydrogen (secondary N) is 1. The Bertz CT molecular complexity index is 593. The molecule has 6 heteroatoms. The average Bonchev–Trinajstić information content (AvgIpc) is 2.75. The molecule has 2 rings (SSSR count). The van der Waals surface area contributed by atoms with Crippen LogP contribution in [0.2, 0.25) is 10.3 Å². The summed E-state index contributed by atoms with van der Waals surface area (Å²) in [6.07, 6.45) is 0. The fourth-order valence-corrected chi connectivity index (χ4v) is 2.86. The van der Waals surface area contributed by atoms with Crippen LogP contribution in [-0.2, 0) is 6.54 Å². The largest absolute Gasteiger partial charge is 0.377 e. The molecule has 2 aromatic rings. The van der Waals surface area contributed by atoms with Crippen molar-refractivity contribution in [2.75, 3.05) is 5.32 Å². The van der Waals surface area contributed by atoms with Gasteiger partial charge in [0.1, 0.15) is 11.2 Å². The first kappa shape index (κ1) is 13.2. The van der Waals surface area contributed by atoms with Crippen molar-refractivity contribution >= 4 is 40.2 Å². The van der Waals surface area contributed by atoms with Gasteiger partial charge in [0.05, 0.1) is 11.3 Å². The summed E-state index contributed by atoms with van der Waals surface area (Å²) in [7, 11) is 0. The maximum atomic E-state index is 8.75. The molecule has 2 aromatic heterocycles. The Balaban J connectivity index is 2.13. The van der Waals surface area contributed by atoms with Crippen LogP contribution >= 0.6 is 34.5 Å². The zero-order chi connectivity index (χ0) is 13.1. The van der Waals surface area contributed by atoms with Crippen LogP contribution in [0.1, 0.15) is 16.0 Å². The zero-order valence-electron chi connectivity index (χ0n) is 9.50. The predicted octanol–water partition coefficient (Wildman–Crippen LogP) is 4.24. The molecule has 0 aliphatic carbocycles. The van der Waals surface area contributed by atoms with Crippen molar-refractivity contribution in [1.29, 1.82) is 5.26 Å². The van der Waals surface area contributed by atoms with Crippen molar-refractivity contribution in [1.82, 2.24) is 4.98 Å². The van der Waals surface area contributed by atoms with Gasteiger partial charge in [-0.1, -0.05) is 23.2 Å². The van der Waals surface area contributed by atoms with Gasteiger partial charge in [-0.3, -0.25) is 0 Å². The third kappa shape index (κ3) is 2.94. The van der Waals surface area contributed by atoms with Crippen LogP contribution in [0.4, 0.5) is 5.69 Å². The molecule has 1 N–H and O–H groups in total. The van der Waals surface area contributed by atoms with Crippen LogP contribution in [0.25, 0.3) is 0 Å². The van der Waals surface area contributed by atoms with Gasteiger partial charge in [0.25, 0.3) is 0 Å². The van der Waals surface area contributed by atoms with Gasteiger partial charge in [-0.2, -0.15) is 5.26 Å². The van der Waals surface area contributed by atoms with Crippen molar-refractivity contribution < 1.29 is 0 Å². The first-order valence-corrected chi connectivity index (χ1v) is 6.77. The van der Waals surface area contributed by atoms with Gasteiger partial charge in [0.2, 0.25) is 0 Å². The number of pyridine rings is 1. The normalized spacial score (nSPS) is 10.1. The van der Waals surface area contributed by atoms with Gasteiger partial charge in [-0.05, 0) is 24.6 Å². The van der Waals surface area contributed by atoms with Gasteiger partial charge in [-0.25, -0.2) is 4.98 Å². The molecular weight excluding hydrogens is 289 g/mol. The number of halogens is 2. The highest BCUT2D eigenvalue weighted by atomic mass is 35.5. The Morgan fingerprint density at radius 1 is 1.44 bits per heavy atom. The number of hydrogen-bond acceptors (Lipinski definition) is 4.